The summed E-state index contributed by atoms with van der Waals surface area (Å²) in [5, 5.41) is 2.95. The number of nitrogens with zero attached hydrogens (tertiary/aromatic N) is 1. The van der Waals surface area contributed by atoms with Crippen LogP contribution in [0.3, 0.4) is 0 Å². The lowest BCUT2D eigenvalue weighted by Gasteiger charge is -2.19. The van der Waals surface area contributed by atoms with E-state index < -0.39 is 0 Å². The molecule has 54 valence electrons. The Bertz CT molecular complexity index is 357. The maximum absolute atomic E-state index is 10.0. The lowest BCUT2D eigenvalue weighted by atomic mass is 9.85. The Labute approximate surface area is 64.2 Å². The zero-order valence-electron chi connectivity index (χ0n) is 6.00. The highest BCUT2D eigenvalue weighted by atomic mass is 16.3. The molecule has 0 bridgehead atoms. The first kappa shape index (κ1) is 5.47. The molecule has 0 heterocycles. The molecule has 0 fully saturated rings. The van der Waals surface area contributed by atoms with Gasteiger partial charge in [0.05, 0.1) is 6.54 Å². The first-order valence-electron chi connectivity index (χ1n) is 3.86. The first-order chi connectivity index (χ1) is 5.40. The van der Waals surface area contributed by atoms with Crippen molar-refractivity contribution in [3.63, 3.8) is 0 Å². The van der Waals surface area contributed by atoms with Gasteiger partial charge >= 0.3 is 0 Å². The fraction of sp³-hybridized carbons (Fsp3) is 0.333. The quantitative estimate of drug-likeness (QED) is 0.595. The van der Waals surface area contributed by atoms with E-state index in [0.717, 1.165) is 6.42 Å². The highest BCUT2D eigenvalue weighted by Gasteiger charge is 2.35. The van der Waals surface area contributed by atoms with E-state index in [1.165, 1.54) is 22.3 Å². The molecule has 1 unspecified atom stereocenters. The fourth-order valence-electron chi connectivity index (χ4n) is 2.18. The van der Waals surface area contributed by atoms with Crippen LogP contribution in [0.4, 0.5) is 0 Å². The van der Waals surface area contributed by atoms with E-state index in [2.05, 4.69) is 17.3 Å². The normalized spacial score (nSPS) is 22.0. The molecule has 3 aliphatic rings. The van der Waals surface area contributed by atoms with Crippen molar-refractivity contribution in [2.75, 3.05) is 6.54 Å². The van der Waals surface area contributed by atoms with Crippen LogP contribution in [-0.2, 0) is 6.42 Å². The van der Waals surface area contributed by atoms with Gasteiger partial charge in [0.1, 0.15) is 0 Å². The smallest absolute Gasteiger partial charge is 0.0883 e. The van der Waals surface area contributed by atoms with E-state index in [-0.39, 0.29) is 0 Å². The molecule has 2 heteroatoms. The first-order valence-corrected chi connectivity index (χ1v) is 3.86. The molecule has 0 N–H and O–H groups in total. The predicted molar refractivity (Wildman–Crippen MR) is 42.5 cm³/mol. The number of hydrogen-bond acceptors (Lipinski definition) is 2. The molecule has 0 saturated carbocycles. The third kappa shape index (κ3) is 0.461. The van der Waals surface area contributed by atoms with Crippen LogP contribution in [0.2, 0.25) is 0 Å². The van der Waals surface area contributed by atoms with E-state index in [1.807, 2.05) is 0 Å². The van der Waals surface area contributed by atoms with Crippen molar-refractivity contribution >= 4 is 0 Å². The van der Waals surface area contributed by atoms with Crippen LogP contribution in [0.25, 0.3) is 11.1 Å². The van der Waals surface area contributed by atoms with Gasteiger partial charge in [0.25, 0.3) is 0 Å². The maximum Gasteiger partial charge on any atom is 0.0883 e. The Morgan fingerprint density at radius 1 is 1.55 bits per heavy atom. The second-order valence-electron chi connectivity index (χ2n) is 3.31. The van der Waals surface area contributed by atoms with Crippen molar-refractivity contribution in [3.8, 4) is 11.1 Å². The third-order valence-electron chi connectivity index (χ3n) is 2.74. The van der Waals surface area contributed by atoms with E-state index >= 15 is 0 Å². The van der Waals surface area contributed by atoms with Crippen LogP contribution >= 0.6 is 0 Å². The predicted octanol–water partition coefficient (Wildman–Crippen LogP) is 2.07. The topological polar surface area (TPSA) is 29.4 Å². The molecule has 0 spiro atoms. The molecule has 0 aromatic carbocycles. The van der Waals surface area contributed by atoms with Crippen molar-refractivity contribution in [1.82, 2.24) is 0 Å². The minimum Gasteiger partial charge on any atom is -0.151 e. The molecule has 0 radical (unpaired) electrons. The lowest BCUT2D eigenvalue weighted by molar-refractivity contribution is 0.724. The summed E-state index contributed by atoms with van der Waals surface area (Å²) < 4.78 is 0. The molecule has 3 aliphatic carbocycles. The Hall–Kier alpha value is -1.18. The Morgan fingerprint density at radius 3 is 3.09 bits per heavy atom. The molecular weight excluding hydrogens is 138 g/mol. The van der Waals surface area contributed by atoms with E-state index in [9.17, 15) is 4.91 Å². The summed E-state index contributed by atoms with van der Waals surface area (Å²) in [4.78, 5) is 10.0. The molecule has 3 rings (SSSR count). The number of hydrogen-bond donors (Lipinski definition) is 0. The zero-order chi connectivity index (χ0) is 7.42. The van der Waals surface area contributed by atoms with Gasteiger partial charge in [-0.1, -0.05) is 17.3 Å². The van der Waals surface area contributed by atoms with E-state index in [1.54, 1.807) is 0 Å². The molecule has 2 nitrogen and oxygen atoms in total. The van der Waals surface area contributed by atoms with Gasteiger partial charge in [-0.15, -0.1) is 0 Å². The molecular formula is C9H7NO. The number of nitroso groups, excluding NO2 is 1. The van der Waals surface area contributed by atoms with Gasteiger partial charge in [-0.2, -0.15) is 4.91 Å². The van der Waals surface area contributed by atoms with Gasteiger partial charge in [0, 0.05) is 5.92 Å². The van der Waals surface area contributed by atoms with Gasteiger partial charge in [-0.25, -0.2) is 0 Å². The van der Waals surface area contributed by atoms with E-state index in [4.69, 9.17) is 0 Å². The second kappa shape index (κ2) is 1.52. The summed E-state index contributed by atoms with van der Waals surface area (Å²) in [7, 11) is 0. The van der Waals surface area contributed by atoms with Crippen molar-refractivity contribution in [2.24, 2.45) is 5.18 Å². The molecule has 0 aliphatic heterocycles. The van der Waals surface area contributed by atoms with Gasteiger partial charge in [0.15, 0.2) is 0 Å². The van der Waals surface area contributed by atoms with Crippen LogP contribution < -0.4 is 0 Å². The van der Waals surface area contributed by atoms with Crippen LogP contribution in [0.15, 0.2) is 17.3 Å². The summed E-state index contributed by atoms with van der Waals surface area (Å²) in [6.45, 7) is 0.458. The van der Waals surface area contributed by atoms with Crippen LogP contribution in [0.5, 0.6) is 0 Å². The van der Waals surface area contributed by atoms with Crippen LogP contribution in [0.1, 0.15) is 17.0 Å². The molecule has 1 atom stereocenters. The van der Waals surface area contributed by atoms with Gasteiger partial charge in [-0.3, -0.25) is 0 Å². The number of rotatable bonds is 2. The van der Waals surface area contributed by atoms with Crippen molar-refractivity contribution < 1.29 is 0 Å². The largest absolute Gasteiger partial charge is 0.151 e. The maximum atomic E-state index is 10.0. The van der Waals surface area contributed by atoms with Crippen LogP contribution in [-0.4, -0.2) is 6.54 Å². The van der Waals surface area contributed by atoms with Gasteiger partial charge < -0.3 is 0 Å². The minimum atomic E-state index is 0.417. The highest BCUT2D eigenvalue weighted by Crippen LogP contribution is 2.52. The second-order valence-corrected chi connectivity index (χ2v) is 3.31. The molecule has 0 amide bonds. The molecule has 0 aromatic rings. The molecule has 0 aromatic heterocycles. The third-order valence-corrected chi connectivity index (χ3v) is 2.74. The summed E-state index contributed by atoms with van der Waals surface area (Å²) in [6.07, 6.45) is 1.05. The zero-order valence-corrected chi connectivity index (χ0v) is 6.00. The van der Waals surface area contributed by atoms with Crippen molar-refractivity contribution in [2.45, 2.75) is 12.3 Å². The number of benzene rings is 1. The summed E-state index contributed by atoms with van der Waals surface area (Å²) in [5.41, 5.74) is 5.69. The average molecular weight is 145 g/mol. The van der Waals surface area contributed by atoms with Crippen LogP contribution in [0, 0.1) is 4.91 Å². The fourth-order valence-corrected chi connectivity index (χ4v) is 2.18. The highest BCUT2D eigenvalue weighted by molar-refractivity contribution is 5.88. The Morgan fingerprint density at radius 2 is 2.45 bits per heavy atom. The SMILES string of the molecule is O=NCC1Cc2cc3cc1c2-3. The van der Waals surface area contributed by atoms with Crippen molar-refractivity contribution in [1.29, 1.82) is 0 Å². The standard InChI is InChI=1S/C9H7NO/c11-10-4-7-2-5-1-6-3-8(7)9(5)6/h1,3,7H,2,4H2. The minimum absolute atomic E-state index is 0.417. The summed E-state index contributed by atoms with van der Waals surface area (Å²) >= 11 is 0. The van der Waals surface area contributed by atoms with Gasteiger partial charge in [0.2, 0.25) is 0 Å². The van der Waals surface area contributed by atoms with Gasteiger partial charge in [-0.05, 0) is 28.7 Å². The summed E-state index contributed by atoms with van der Waals surface area (Å²) in [6, 6.07) is 4.39. The Kier molecular flexibility index (Phi) is 0.757. The Balaban J connectivity index is 2.01. The van der Waals surface area contributed by atoms with E-state index in [0.29, 0.717) is 12.5 Å². The summed E-state index contributed by atoms with van der Waals surface area (Å²) in [5.74, 6) is 0.417. The lowest BCUT2D eigenvalue weighted by Crippen LogP contribution is -2.01. The molecule has 11 heavy (non-hydrogen) atoms. The average Bonchev–Trinajstić information content (AvgIpc) is 2.16. The molecule has 0 saturated heterocycles. The van der Waals surface area contributed by atoms with Crippen molar-refractivity contribution in [3.05, 3.63) is 28.2 Å². The monoisotopic (exact) mass is 145 g/mol.